The van der Waals surface area contributed by atoms with Crippen LogP contribution in [0.4, 0.5) is 0 Å². The maximum Gasteiger partial charge on any atom is 0.182 e. The molecule has 7 nitrogen and oxygen atoms in total. The van der Waals surface area contributed by atoms with Crippen LogP contribution in [0.25, 0.3) is 0 Å². The highest BCUT2D eigenvalue weighted by molar-refractivity contribution is 4.96. The van der Waals surface area contributed by atoms with E-state index in [1.165, 1.54) is 4.90 Å². The summed E-state index contributed by atoms with van der Waals surface area (Å²) in [5.41, 5.74) is 0. The van der Waals surface area contributed by atoms with E-state index in [1.807, 2.05) is 0 Å². The van der Waals surface area contributed by atoms with Crippen LogP contribution in [0.15, 0.2) is 0 Å². The minimum Gasteiger partial charge on any atom is -0.287 e. The summed E-state index contributed by atoms with van der Waals surface area (Å²) in [5, 5.41) is 25.7. The predicted octanol–water partition coefficient (Wildman–Crippen LogP) is -0.968. The SMILES string of the molecule is C#CCN(C#N)C1NC(NC(C)C)NC(NC(C)C)N1. The number of hydrogen-bond acceptors (Lipinski definition) is 7. The zero-order chi connectivity index (χ0) is 15.1. The molecule has 112 valence electrons. The van der Waals surface area contributed by atoms with Crippen LogP contribution in [0.1, 0.15) is 27.7 Å². The molecule has 1 aliphatic heterocycles. The van der Waals surface area contributed by atoms with E-state index in [1.54, 1.807) is 0 Å². The van der Waals surface area contributed by atoms with Gasteiger partial charge in [-0.1, -0.05) is 5.92 Å². The molecule has 0 aliphatic carbocycles. The van der Waals surface area contributed by atoms with Gasteiger partial charge in [-0.3, -0.25) is 31.5 Å². The molecule has 0 aromatic heterocycles. The normalized spacial score (nSPS) is 26.3. The Hall–Kier alpha value is -1.35. The van der Waals surface area contributed by atoms with Crippen LogP contribution < -0.4 is 26.6 Å². The number of nitriles is 1. The molecule has 20 heavy (non-hydrogen) atoms. The summed E-state index contributed by atoms with van der Waals surface area (Å²) in [6.07, 6.45) is 6.83. The quantitative estimate of drug-likeness (QED) is 0.243. The summed E-state index contributed by atoms with van der Waals surface area (Å²) in [6, 6.07) is 0.614. The zero-order valence-electron chi connectivity index (χ0n) is 12.6. The second-order valence-corrected chi connectivity index (χ2v) is 5.34. The first-order chi connectivity index (χ1) is 9.46. The summed E-state index contributed by atoms with van der Waals surface area (Å²) in [4.78, 5) is 1.49. The highest BCUT2D eigenvalue weighted by Crippen LogP contribution is 1.99. The Balaban J connectivity index is 2.73. The van der Waals surface area contributed by atoms with E-state index in [-0.39, 0.29) is 25.4 Å². The Morgan fingerprint density at radius 3 is 1.95 bits per heavy atom. The van der Waals surface area contributed by atoms with Crippen LogP contribution in [0.3, 0.4) is 0 Å². The average molecular weight is 279 g/mol. The Kier molecular flexibility index (Phi) is 6.73. The van der Waals surface area contributed by atoms with Gasteiger partial charge in [0.05, 0.1) is 6.54 Å². The standard InChI is InChI=1S/C13H25N7/c1-6-7-20(8-14)13-18-11(15-9(2)3)17-12(19-13)16-10(4)5/h1,9-13,15-19H,7H2,2-5H3. The van der Waals surface area contributed by atoms with Gasteiger partial charge in [0.1, 0.15) is 18.9 Å². The van der Waals surface area contributed by atoms with Crippen molar-refractivity contribution < 1.29 is 0 Å². The third-order valence-corrected chi connectivity index (χ3v) is 2.68. The molecule has 0 aromatic rings. The largest absolute Gasteiger partial charge is 0.287 e. The summed E-state index contributed by atoms with van der Waals surface area (Å²) < 4.78 is 0. The second kappa shape index (κ2) is 8.05. The van der Waals surface area contributed by atoms with E-state index in [4.69, 9.17) is 6.42 Å². The van der Waals surface area contributed by atoms with Crippen LogP contribution in [0.2, 0.25) is 0 Å². The van der Waals surface area contributed by atoms with E-state index in [9.17, 15) is 5.26 Å². The van der Waals surface area contributed by atoms with Gasteiger partial charge in [-0.2, -0.15) is 5.26 Å². The number of rotatable bonds is 6. The van der Waals surface area contributed by atoms with E-state index in [0.29, 0.717) is 12.1 Å². The number of nitrogens with one attached hydrogen (secondary N) is 5. The Bertz CT molecular complexity index is 350. The minimum absolute atomic E-state index is 0.119. The van der Waals surface area contributed by atoms with Gasteiger partial charge < -0.3 is 0 Å². The van der Waals surface area contributed by atoms with E-state index < -0.39 is 0 Å². The van der Waals surface area contributed by atoms with Gasteiger partial charge in [0.25, 0.3) is 0 Å². The van der Waals surface area contributed by atoms with E-state index in [0.717, 1.165) is 0 Å². The van der Waals surface area contributed by atoms with Gasteiger partial charge in [0, 0.05) is 12.1 Å². The summed E-state index contributed by atoms with van der Waals surface area (Å²) in [5.74, 6) is 2.49. The molecule has 0 bridgehead atoms. The van der Waals surface area contributed by atoms with Crippen molar-refractivity contribution in [1.82, 2.24) is 31.5 Å². The van der Waals surface area contributed by atoms with Gasteiger partial charge in [-0.05, 0) is 27.7 Å². The molecule has 0 aromatic carbocycles. The maximum atomic E-state index is 9.18. The molecule has 1 rings (SSSR count). The van der Waals surface area contributed by atoms with Crippen molar-refractivity contribution in [3.63, 3.8) is 0 Å². The zero-order valence-corrected chi connectivity index (χ0v) is 12.6. The van der Waals surface area contributed by atoms with Gasteiger partial charge in [0.2, 0.25) is 0 Å². The first kappa shape index (κ1) is 16.7. The second-order valence-electron chi connectivity index (χ2n) is 5.34. The average Bonchev–Trinajstić information content (AvgIpc) is 2.33. The molecule has 1 aliphatic rings. The van der Waals surface area contributed by atoms with Crippen LogP contribution >= 0.6 is 0 Å². The van der Waals surface area contributed by atoms with Crippen molar-refractivity contribution in [2.75, 3.05) is 6.54 Å². The third kappa shape index (κ3) is 5.33. The van der Waals surface area contributed by atoms with Crippen LogP contribution in [-0.4, -0.2) is 42.4 Å². The fourth-order valence-electron chi connectivity index (χ4n) is 1.95. The van der Waals surface area contributed by atoms with Gasteiger partial charge in [0.15, 0.2) is 6.19 Å². The minimum atomic E-state index is -0.329. The van der Waals surface area contributed by atoms with Crippen molar-refractivity contribution in [1.29, 1.82) is 5.26 Å². The summed E-state index contributed by atoms with van der Waals surface area (Å²) >= 11 is 0. The molecular weight excluding hydrogens is 254 g/mol. The lowest BCUT2D eigenvalue weighted by atomic mass is 10.3. The van der Waals surface area contributed by atoms with Crippen LogP contribution in [0.5, 0.6) is 0 Å². The highest BCUT2D eigenvalue weighted by atomic mass is 15.6. The number of hydrogen-bond donors (Lipinski definition) is 5. The third-order valence-electron chi connectivity index (χ3n) is 2.68. The Morgan fingerprint density at radius 2 is 1.60 bits per heavy atom. The van der Waals surface area contributed by atoms with Crippen molar-refractivity contribution in [3.05, 3.63) is 0 Å². The first-order valence-corrected chi connectivity index (χ1v) is 6.86. The van der Waals surface area contributed by atoms with Crippen LogP contribution in [-0.2, 0) is 0 Å². The Morgan fingerprint density at radius 1 is 1.10 bits per heavy atom. The van der Waals surface area contributed by atoms with Crippen molar-refractivity contribution in [3.8, 4) is 18.5 Å². The number of nitrogens with zero attached hydrogens (tertiary/aromatic N) is 2. The van der Waals surface area contributed by atoms with Gasteiger partial charge >= 0.3 is 0 Å². The maximum absolute atomic E-state index is 9.18. The molecule has 0 spiro atoms. The molecule has 0 saturated carbocycles. The molecule has 1 heterocycles. The molecule has 1 saturated heterocycles. The van der Waals surface area contributed by atoms with Crippen molar-refractivity contribution in [2.45, 2.75) is 58.6 Å². The monoisotopic (exact) mass is 279 g/mol. The van der Waals surface area contributed by atoms with Crippen molar-refractivity contribution in [2.24, 2.45) is 0 Å². The molecule has 7 heteroatoms. The highest BCUT2D eigenvalue weighted by Gasteiger charge is 2.30. The first-order valence-electron chi connectivity index (χ1n) is 6.86. The molecule has 1 fully saturated rings. The van der Waals surface area contributed by atoms with Gasteiger partial charge in [-0.15, -0.1) is 6.42 Å². The molecule has 5 N–H and O–H groups in total. The fourth-order valence-corrected chi connectivity index (χ4v) is 1.95. The lowest BCUT2D eigenvalue weighted by Gasteiger charge is -2.42. The van der Waals surface area contributed by atoms with Crippen molar-refractivity contribution >= 4 is 0 Å². The summed E-state index contributed by atoms with van der Waals surface area (Å²) in [6.45, 7) is 8.51. The molecular formula is C13H25N7. The fraction of sp³-hybridized carbons (Fsp3) is 0.769. The van der Waals surface area contributed by atoms with E-state index in [2.05, 4.69) is 66.4 Å². The van der Waals surface area contributed by atoms with Gasteiger partial charge in [-0.25, -0.2) is 0 Å². The topological polar surface area (TPSA) is 87.2 Å². The number of terminal acetylenes is 1. The smallest absolute Gasteiger partial charge is 0.182 e. The Labute approximate surface area is 121 Å². The van der Waals surface area contributed by atoms with Crippen LogP contribution in [0, 0.1) is 23.8 Å². The molecule has 0 radical (unpaired) electrons. The molecule has 0 amide bonds. The molecule has 2 atom stereocenters. The predicted molar refractivity (Wildman–Crippen MR) is 78.5 cm³/mol. The van der Waals surface area contributed by atoms with E-state index >= 15 is 0 Å². The molecule has 2 unspecified atom stereocenters. The lowest BCUT2D eigenvalue weighted by molar-refractivity contribution is 0.0748. The summed E-state index contributed by atoms with van der Waals surface area (Å²) in [7, 11) is 0. The lowest BCUT2D eigenvalue weighted by Crippen LogP contribution is -2.78.